The molecule has 0 aliphatic carbocycles. The summed E-state index contributed by atoms with van der Waals surface area (Å²) in [7, 11) is 0. The first-order valence-electron chi connectivity index (χ1n) is 9.14. The summed E-state index contributed by atoms with van der Waals surface area (Å²) >= 11 is 10.6. The Morgan fingerprint density at radius 3 is 2.59 bits per heavy atom. The van der Waals surface area contributed by atoms with Crippen molar-refractivity contribution in [3.63, 3.8) is 0 Å². The van der Waals surface area contributed by atoms with E-state index in [9.17, 15) is 4.79 Å². The van der Waals surface area contributed by atoms with Gasteiger partial charge in [-0.2, -0.15) is 5.10 Å². The van der Waals surface area contributed by atoms with E-state index in [1.807, 2.05) is 38.0 Å². The molecule has 1 aliphatic heterocycles. The van der Waals surface area contributed by atoms with Gasteiger partial charge in [-0.05, 0) is 53.0 Å². The maximum Gasteiger partial charge on any atom is 0.219 e. The largest absolute Gasteiger partial charge is 0.351 e. The first-order chi connectivity index (χ1) is 14.0. The summed E-state index contributed by atoms with van der Waals surface area (Å²) in [5, 5.41) is 11.2. The van der Waals surface area contributed by atoms with Crippen molar-refractivity contribution < 1.29 is 4.79 Å². The Morgan fingerprint density at radius 2 is 1.97 bits per heavy atom. The Morgan fingerprint density at radius 1 is 1.24 bits per heavy atom. The molecule has 3 heterocycles. The molecule has 29 heavy (non-hydrogen) atoms. The Hall–Kier alpha value is -1.03. The topological polar surface area (TPSA) is 59.2 Å². The predicted molar refractivity (Wildman–Crippen MR) is 132 cm³/mol. The van der Waals surface area contributed by atoms with Crippen molar-refractivity contribution in [2.45, 2.75) is 13.8 Å². The van der Waals surface area contributed by atoms with Gasteiger partial charge in [0.15, 0.2) is 5.82 Å². The normalized spacial score (nSPS) is 15.2. The third-order valence-electron chi connectivity index (χ3n) is 5.29. The lowest BCUT2D eigenvalue weighted by molar-refractivity contribution is -0.129. The highest BCUT2D eigenvalue weighted by Crippen LogP contribution is 2.44. The van der Waals surface area contributed by atoms with E-state index in [4.69, 9.17) is 16.7 Å². The van der Waals surface area contributed by atoms with Gasteiger partial charge in [0.1, 0.15) is 0 Å². The van der Waals surface area contributed by atoms with Gasteiger partial charge in [-0.25, -0.2) is 8.54 Å². The van der Waals surface area contributed by atoms with E-state index in [0.29, 0.717) is 24.5 Å². The lowest BCUT2D eigenvalue weighted by Gasteiger charge is -2.34. The Balaban J connectivity index is 1.86. The number of anilines is 1. The SMILES string of the molecule is CSn1nc(N2CCN(C(C)=O)CC2)c(-c2c(Cl)ccc3c2cnn3PI)c1C. The molecule has 0 N–H and O–H groups in total. The van der Waals surface area contributed by atoms with E-state index in [2.05, 4.69) is 39.0 Å². The average molecular weight is 563 g/mol. The van der Waals surface area contributed by atoms with Gasteiger partial charge < -0.3 is 9.80 Å². The van der Waals surface area contributed by atoms with Crippen LogP contribution in [-0.2, 0) is 4.79 Å². The minimum atomic E-state index is 0.121. The Kier molecular flexibility index (Phi) is 6.30. The number of hydrogen-bond donors (Lipinski definition) is 0. The summed E-state index contributed by atoms with van der Waals surface area (Å²) in [6.07, 6.45) is 4.43. The number of halogens is 2. The second-order valence-corrected chi connectivity index (χ2v) is 9.99. The molecule has 4 rings (SSSR count). The minimum Gasteiger partial charge on any atom is -0.351 e. The highest BCUT2D eigenvalue weighted by molar-refractivity contribution is 14.2. The van der Waals surface area contributed by atoms with Crippen LogP contribution in [0.4, 0.5) is 5.82 Å². The second kappa shape index (κ2) is 8.61. The van der Waals surface area contributed by atoms with Crippen LogP contribution in [0.5, 0.6) is 0 Å². The Bertz CT molecular complexity index is 1080. The average Bonchev–Trinajstić information content (AvgIpc) is 3.29. The summed E-state index contributed by atoms with van der Waals surface area (Å²) in [4.78, 5) is 15.9. The van der Waals surface area contributed by atoms with Crippen LogP contribution in [0.1, 0.15) is 12.6 Å². The summed E-state index contributed by atoms with van der Waals surface area (Å²) < 4.78 is 3.94. The number of benzene rings is 1. The molecule has 0 spiro atoms. The van der Waals surface area contributed by atoms with E-state index in [1.165, 1.54) is 0 Å². The quantitative estimate of drug-likeness (QED) is 0.348. The summed E-state index contributed by atoms with van der Waals surface area (Å²) in [6.45, 7) is 6.60. The Labute approximate surface area is 193 Å². The number of piperazine rings is 1. The van der Waals surface area contributed by atoms with E-state index in [0.717, 1.165) is 46.6 Å². The third kappa shape index (κ3) is 3.75. The van der Waals surface area contributed by atoms with Gasteiger partial charge in [0, 0.05) is 55.3 Å². The number of fused-ring (bicyclic) bond motifs is 1. The molecule has 1 aromatic carbocycles. The number of aromatic nitrogens is 4. The molecule has 0 bridgehead atoms. The number of hydrogen-bond acceptors (Lipinski definition) is 5. The summed E-state index contributed by atoms with van der Waals surface area (Å²) in [6, 6.07) is 3.97. The first kappa shape index (κ1) is 21.2. The first-order valence-corrected chi connectivity index (χ1v) is 14.8. The van der Waals surface area contributed by atoms with E-state index in [1.54, 1.807) is 18.9 Å². The van der Waals surface area contributed by atoms with Gasteiger partial charge in [-0.15, -0.1) is 5.10 Å². The number of nitrogens with zero attached hydrogens (tertiary/aromatic N) is 6. The van der Waals surface area contributed by atoms with Crippen LogP contribution in [0.2, 0.25) is 5.02 Å². The van der Waals surface area contributed by atoms with Crippen molar-refractivity contribution in [2.75, 3.05) is 37.3 Å². The van der Waals surface area contributed by atoms with Crippen molar-refractivity contribution >= 4 is 74.6 Å². The van der Waals surface area contributed by atoms with E-state index >= 15 is 0 Å². The molecular weight excluding hydrogens is 542 g/mol. The maximum absolute atomic E-state index is 11.7. The molecule has 1 unspecified atom stereocenters. The highest BCUT2D eigenvalue weighted by Gasteiger charge is 2.28. The summed E-state index contributed by atoms with van der Waals surface area (Å²) in [5.41, 5.74) is 4.15. The standard InChI is InChI=1S/C18H21ClIN6OPS/c1-11-16(17-13-10-21-25(28-20)15(13)5-4-14(17)19)18(22-26(11)29-3)24-8-6-23(7-9-24)12(2)27/h4-5,10,28H,6-9H2,1-3H3. The second-order valence-electron chi connectivity index (χ2n) is 6.83. The fourth-order valence-electron chi connectivity index (χ4n) is 3.79. The third-order valence-corrected chi connectivity index (χ3v) is 8.19. The van der Waals surface area contributed by atoms with Crippen molar-refractivity contribution in [3.05, 3.63) is 29.0 Å². The molecule has 1 aliphatic rings. The molecule has 0 saturated carbocycles. The fourth-order valence-corrected chi connectivity index (χ4v) is 6.11. The zero-order chi connectivity index (χ0) is 20.7. The molecule has 7 nitrogen and oxygen atoms in total. The van der Waals surface area contributed by atoms with Gasteiger partial charge in [-0.3, -0.25) is 4.79 Å². The summed E-state index contributed by atoms with van der Waals surface area (Å²) in [5.74, 6) is 1.04. The molecular formula is C18H21ClIN6OPS. The van der Waals surface area contributed by atoms with Crippen molar-refractivity contribution in [2.24, 2.45) is 0 Å². The van der Waals surface area contributed by atoms with Crippen molar-refractivity contribution in [1.82, 2.24) is 23.6 Å². The highest BCUT2D eigenvalue weighted by atomic mass is 127. The molecule has 1 amide bonds. The van der Waals surface area contributed by atoms with Crippen LogP contribution in [0.25, 0.3) is 22.0 Å². The van der Waals surface area contributed by atoms with Gasteiger partial charge in [-0.1, -0.05) is 11.6 Å². The van der Waals surface area contributed by atoms with Gasteiger partial charge in [0.05, 0.1) is 29.3 Å². The lowest BCUT2D eigenvalue weighted by Crippen LogP contribution is -2.48. The monoisotopic (exact) mass is 562 g/mol. The number of carbonyl (C=O) groups is 1. The number of carbonyl (C=O) groups excluding carboxylic acids is 1. The van der Waals surface area contributed by atoms with E-state index < -0.39 is 0 Å². The smallest absolute Gasteiger partial charge is 0.219 e. The molecule has 1 saturated heterocycles. The zero-order valence-electron chi connectivity index (χ0n) is 16.3. The molecule has 3 aromatic rings. The fraction of sp³-hybridized carbons (Fsp3) is 0.389. The van der Waals surface area contributed by atoms with Crippen LogP contribution in [0.15, 0.2) is 18.3 Å². The minimum absolute atomic E-state index is 0.121. The lowest BCUT2D eigenvalue weighted by atomic mass is 10.0. The number of amides is 1. The van der Waals surface area contributed by atoms with E-state index in [-0.39, 0.29) is 5.91 Å². The van der Waals surface area contributed by atoms with Gasteiger partial charge >= 0.3 is 0 Å². The zero-order valence-corrected chi connectivity index (χ0v) is 21.0. The molecule has 0 radical (unpaired) electrons. The van der Waals surface area contributed by atoms with Crippen LogP contribution in [0.3, 0.4) is 0 Å². The molecule has 11 heteroatoms. The number of rotatable bonds is 4. The van der Waals surface area contributed by atoms with Gasteiger partial charge in [0.25, 0.3) is 0 Å². The van der Waals surface area contributed by atoms with Crippen LogP contribution in [0, 0.1) is 6.92 Å². The molecule has 1 fully saturated rings. The predicted octanol–water partition coefficient (Wildman–Crippen LogP) is 4.45. The van der Waals surface area contributed by atoms with Crippen LogP contribution < -0.4 is 4.90 Å². The van der Waals surface area contributed by atoms with Crippen LogP contribution >= 0.6 is 52.0 Å². The maximum atomic E-state index is 11.7. The van der Waals surface area contributed by atoms with Crippen molar-refractivity contribution in [3.8, 4) is 11.1 Å². The van der Waals surface area contributed by atoms with Crippen molar-refractivity contribution in [1.29, 1.82) is 0 Å². The van der Waals surface area contributed by atoms with Crippen LogP contribution in [-0.4, -0.2) is 62.0 Å². The van der Waals surface area contributed by atoms with Gasteiger partial charge in [0.2, 0.25) is 5.91 Å². The molecule has 1 atom stereocenters. The molecule has 2 aromatic heterocycles. The molecule has 154 valence electrons.